The molecule has 164 valence electrons. The first kappa shape index (κ1) is 25.8. The summed E-state index contributed by atoms with van der Waals surface area (Å²) in [6.07, 6.45) is 19.9. The van der Waals surface area contributed by atoms with Crippen molar-refractivity contribution in [3.63, 3.8) is 0 Å². The Balaban J connectivity index is 0.000000297. The predicted molar refractivity (Wildman–Crippen MR) is 136 cm³/mol. The summed E-state index contributed by atoms with van der Waals surface area (Å²) in [6, 6.07) is 6.30. The van der Waals surface area contributed by atoms with Crippen LogP contribution < -0.4 is 0 Å². The second-order valence-corrected chi connectivity index (χ2v) is 8.38. The molecule has 2 aliphatic rings. The fourth-order valence-electron chi connectivity index (χ4n) is 4.35. The van der Waals surface area contributed by atoms with E-state index in [-0.39, 0.29) is 7.43 Å². The van der Waals surface area contributed by atoms with Gasteiger partial charge in [-0.3, -0.25) is 0 Å². The number of hydrogen-bond acceptors (Lipinski definition) is 1. The number of fused-ring (bicyclic) bond motifs is 1. The van der Waals surface area contributed by atoms with Crippen LogP contribution in [-0.4, -0.2) is 11.4 Å². The molecule has 1 fully saturated rings. The van der Waals surface area contributed by atoms with Crippen LogP contribution in [0.3, 0.4) is 0 Å². The predicted octanol–water partition coefficient (Wildman–Crippen LogP) is 8.93. The van der Waals surface area contributed by atoms with Crippen molar-refractivity contribution in [1.29, 1.82) is 0 Å². The van der Waals surface area contributed by atoms with Gasteiger partial charge in [-0.1, -0.05) is 95.9 Å². The van der Waals surface area contributed by atoms with Gasteiger partial charge in [0.15, 0.2) is 0 Å². The van der Waals surface area contributed by atoms with E-state index in [1.807, 2.05) is 6.08 Å². The highest BCUT2D eigenvalue weighted by atomic mass is 15.1. The first-order valence-electron chi connectivity index (χ1n) is 11.3. The molecule has 0 radical (unpaired) electrons. The lowest BCUT2D eigenvalue weighted by Gasteiger charge is -2.27. The summed E-state index contributed by atoms with van der Waals surface area (Å²) in [7, 11) is 0. The molecule has 1 aromatic rings. The summed E-state index contributed by atoms with van der Waals surface area (Å²) in [5.41, 5.74) is 9.20. The van der Waals surface area contributed by atoms with E-state index in [4.69, 9.17) is 0 Å². The van der Waals surface area contributed by atoms with Gasteiger partial charge in [-0.2, -0.15) is 0 Å². The second kappa shape index (κ2) is 13.9. The van der Waals surface area contributed by atoms with Crippen LogP contribution >= 0.6 is 0 Å². The van der Waals surface area contributed by atoms with Crippen LogP contribution in [-0.2, 0) is 0 Å². The number of aryl methyl sites for hydroxylation is 1. The van der Waals surface area contributed by atoms with Crippen molar-refractivity contribution in [3.05, 3.63) is 77.7 Å². The van der Waals surface area contributed by atoms with Gasteiger partial charge >= 0.3 is 0 Å². The normalized spacial score (nSPS) is 16.4. The third-order valence-electron chi connectivity index (χ3n) is 5.97. The Morgan fingerprint density at radius 2 is 1.90 bits per heavy atom. The van der Waals surface area contributed by atoms with E-state index in [1.54, 1.807) is 5.57 Å². The lowest BCUT2D eigenvalue weighted by atomic mass is 9.93. The van der Waals surface area contributed by atoms with E-state index in [2.05, 4.69) is 81.1 Å². The maximum absolute atomic E-state index is 4.14. The molecule has 1 heteroatoms. The second-order valence-electron chi connectivity index (χ2n) is 8.38. The Morgan fingerprint density at radius 3 is 2.53 bits per heavy atom. The van der Waals surface area contributed by atoms with Gasteiger partial charge in [0.25, 0.3) is 0 Å². The fraction of sp³-hybridized carbons (Fsp3) is 0.483. The molecule has 1 aliphatic carbocycles. The van der Waals surface area contributed by atoms with Crippen molar-refractivity contribution in [2.45, 2.75) is 79.6 Å². The van der Waals surface area contributed by atoms with Gasteiger partial charge in [0.1, 0.15) is 0 Å². The van der Waals surface area contributed by atoms with Gasteiger partial charge < -0.3 is 4.90 Å². The third kappa shape index (κ3) is 7.88. The van der Waals surface area contributed by atoms with Crippen LogP contribution in [0.25, 0.3) is 11.8 Å². The molecular weight excluding hydrogens is 362 g/mol. The monoisotopic (exact) mass is 405 g/mol. The minimum atomic E-state index is 0. The van der Waals surface area contributed by atoms with Crippen molar-refractivity contribution in [1.82, 2.24) is 4.90 Å². The zero-order chi connectivity index (χ0) is 21.1. The Bertz CT molecular complexity index is 766. The van der Waals surface area contributed by atoms with Crippen molar-refractivity contribution in [2.24, 2.45) is 5.92 Å². The highest BCUT2D eigenvalue weighted by Crippen LogP contribution is 2.30. The zero-order valence-electron chi connectivity index (χ0n) is 18.8. The van der Waals surface area contributed by atoms with Crippen LogP contribution in [0.1, 0.15) is 89.3 Å². The Kier molecular flexibility index (Phi) is 11.9. The maximum atomic E-state index is 4.14. The lowest BCUT2D eigenvalue weighted by Crippen LogP contribution is -2.18. The van der Waals surface area contributed by atoms with Gasteiger partial charge in [-0.15, -0.1) is 5.73 Å². The molecule has 0 spiro atoms. The molecule has 1 nitrogen and oxygen atoms in total. The highest BCUT2D eigenvalue weighted by molar-refractivity contribution is 5.78. The number of rotatable bonds is 5. The van der Waals surface area contributed by atoms with Gasteiger partial charge in [-0.25, -0.2) is 0 Å². The summed E-state index contributed by atoms with van der Waals surface area (Å²) in [5, 5.41) is 0. The summed E-state index contributed by atoms with van der Waals surface area (Å²) >= 11 is 0. The molecule has 0 amide bonds. The largest absolute Gasteiger partial charge is 0.343 e. The molecule has 0 bridgehead atoms. The molecule has 0 atom stereocenters. The molecule has 1 aliphatic heterocycles. The van der Waals surface area contributed by atoms with Gasteiger partial charge in [0.2, 0.25) is 0 Å². The molecule has 1 aromatic carbocycles. The molecule has 0 saturated heterocycles. The fourth-order valence-corrected chi connectivity index (χ4v) is 4.35. The van der Waals surface area contributed by atoms with Crippen molar-refractivity contribution in [3.8, 4) is 0 Å². The average Bonchev–Trinajstić information content (AvgIpc) is 2.97. The minimum absolute atomic E-state index is 0. The Hall–Kier alpha value is -2.24. The Morgan fingerprint density at radius 1 is 1.20 bits per heavy atom. The SMILES string of the molecule is C.C=C=CCN1C=Cc2c(C)cccc2C1=C.CCC=C(C)CC1CCCCCC1. The number of nitrogens with zero attached hydrogens (tertiary/aromatic N) is 1. The maximum Gasteiger partial charge on any atom is 0.0480 e. The van der Waals surface area contributed by atoms with Gasteiger partial charge in [-0.05, 0) is 55.9 Å². The molecule has 30 heavy (non-hydrogen) atoms. The number of allylic oxidation sites excluding steroid dienone is 2. The van der Waals surface area contributed by atoms with Crippen molar-refractivity contribution >= 4 is 11.8 Å². The lowest BCUT2D eigenvalue weighted by molar-refractivity contribution is 0.456. The molecule has 0 N–H and O–H groups in total. The highest BCUT2D eigenvalue weighted by Gasteiger charge is 2.15. The minimum Gasteiger partial charge on any atom is -0.343 e. The summed E-state index contributed by atoms with van der Waals surface area (Å²) in [6.45, 7) is 15.1. The van der Waals surface area contributed by atoms with Crippen LogP contribution in [0.5, 0.6) is 0 Å². The quantitative estimate of drug-likeness (QED) is 0.268. The molecule has 3 rings (SSSR count). The van der Waals surface area contributed by atoms with E-state index in [1.165, 1.54) is 68.1 Å². The van der Waals surface area contributed by atoms with E-state index < -0.39 is 0 Å². The standard InChI is InChI=1S/C15H15N.C13H24.CH4/c1-4-5-10-16-11-9-14-12(2)7-6-8-15(14)13(16)3;1-3-8-12(2)11-13-9-6-4-5-7-10-13;/h5-9,11H,1,3,10H2,2H3;8,13H,3-7,9-11H2,1-2H3;1H4. The van der Waals surface area contributed by atoms with Crippen LogP contribution in [0.2, 0.25) is 0 Å². The third-order valence-corrected chi connectivity index (χ3v) is 5.97. The Labute approximate surface area is 186 Å². The topological polar surface area (TPSA) is 3.24 Å². The summed E-state index contributed by atoms with van der Waals surface area (Å²) < 4.78 is 0. The van der Waals surface area contributed by atoms with E-state index in [0.29, 0.717) is 0 Å². The number of benzene rings is 1. The average molecular weight is 406 g/mol. The van der Waals surface area contributed by atoms with E-state index in [9.17, 15) is 0 Å². The molecule has 1 saturated carbocycles. The number of hydrogen-bond donors (Lipinski definition) is 0. The molecular formula is C29H43N. The summed E-state index contributed by atoms with van der Waals surface area (Å²) in [4.78, 5) is 2.10. The zero-order valence-corrected chi connectivity index (χ0v) is 18.8. The van der Waals surface area contributed by atoms with Gasteiger partial charge in [0.05, 0.1) is 0 Å². The van der Waals surface area contributed by atoms with Crippen molar-refractivity contribution < 1.29 is 0 Å². The van der Waals surface area contributed by atoms with Crippen LogP contribution in [0, 0.1) is 12.8 Å². The molecule has 0 aromatic heterocycles. The van der Waals surface area contributed by atoms with Crippen molar-refractivity contribution in [2.75, 3.05) is 6.54 Å². The molecule has 1 heterocycles. The van der Waals surface area contributed by atoms with Crippen LogP contribution in [0.4, 0.5) is 0 Å². The molecule has 0 unspecified atom stereocenters. The van der Waals surface area contributed by atoms with Crippen LogP contribution in [0.15, 0.2) is 61.0 Å². The first-order chi connectivity index (χ1) is 14.1. The van der Waals surface area contributed by atoms with Gasteiger partial charge in [0, 0.05) is 24.0 Å². The summed E-state index contributed by atoms with van der Waals surface area (Å²) in [5.74, 6) is 1.00. The first-order valence-corrected chi connectivity index (χ1v) is 11.3. The van der Waals surface area contributed by atoms with E-state index in [0.717, 1.165) is 18.2 Å². The smallest absolute Gasteiger partial charge is 0.0480 e. The van der Waals surface area contributed by atoms with E-state index >= 15 is 0 Å².